The molecule has 0 radical (unpaired) electrons. The fraction of sp³-hybridized carbons (Fsp3) is 0.583. The van der Waals surface area contributed by atoms with Gasteiger partial charge in [-0.25, -0.2) is 0 Å². The van der Waals surface area contributed by atoms with Crippen molar-refractivity contribution in [3.63, 3.8) is 0 Å². The number of hydrogen-bond donors (Lipinski definition) is 4. The second-order valence-electron chi connectivity index (χ2n) is 8.87. The standard InChI is InChI=1S/C24H35N5O7/c1-16(30)21-24(34)28(2)9-14-36-19-6-4-3-5-17(19)22(32)26-18(15-20(31)27-21)23(33)25-7-8-29-10-12-35-13-11-29/h3-6,16,18,21,30H,7-15H2,1-2H3,(H,25,33)(H,26,32)(H,27,31)/t16-,18+,21+/m1/s1. The first kappa shape index (κ1) is 27.4. The lowest BCUT2D eigenvalue weighted by Crippen LogP contribution is -2.56. The highest BCUT2D eigenvalue weighted by molar-refractivity contribution is 6.01. The Morgan fingerprint density at radius 2 is 1.86 bits per heavy atom. The highest BCUT2D eigenvalue weighted by Crippen LogP contribution is 2.18. The summed E-state index contributed by atoms with van der Waals surface area (Å²) in [6.45, 7) is 5.36. The van der Waals surface area contributed by atoms with Crippen LogP contribution in [0.3, 0.4) is 0 Å². The van der Waals surface area contributed by atoms with Gasteiger partial charge in [-0.05, 0) is 19.1 Å². The summed E-state index contributed by atoms with van der Waals surface area (Å²) in [5.74, 6) is -1.97. The van der Waals surface area contributed by atoms with E-state index in [2.05, 4.69) is 20.9 Å². The summed E-state index contributed by atoms with van der Waals surface area (Å²) in [6, 6.07) is 4.13. The second-order valence-corrected chi connectivity index (χ2v) is 8.87. The molecule has 0 aliphatic carbocycles. The molecule has 0 saturated carbocycles. The van der Waals surface area contributed by atoms with Crippen molar-refractivity contribution in [2.24, 2.45) is 0 Å². The number of carbonyl (C=O) groups is 4. The molecule has 0 unspecified atom stereocenters. The smallest absolute Gasteiger partial charge is 0.255 e. The Labute approximate surface area is 210 Å². The van der Waals surface area contributed by atoms with Crippen LogP contribution in [0.25, 0.3) is 0 Å². The molecule has 0 bridgehead atoms. The minimum Gasteiger partial charge on any atom is -0.491 e. The van der Waals surface area contributed by atoms with Crippen molar-refractivity contribution >= 4 is 23.6 Å². The van der Waals surface area contributed by atoms with Crippen molar-refractivity contribution in [1.29, 1.82) is 0 Å². The molecule has 2 aliphatic rings. The summed E-state index contributed by atoms with van der Waals surface area (Å²) in [7, 11) is 1.53. The van der Waals surface area contributed by atoms with Crippen molar-refractivity contribution in [2.75, 3.05) is 59.6 Å². The molecule has 4 amide bonds. The third-order valence-corrected chi connectivity index (χ3v) is 6.10. The maximum absolute atomic E-state index is 13.1. The number of ether oxygens (including phenoxy) is 2. The lowest BCUT2D eigenvalue weighted by molar-refractivity contribution is -0.139. The highest BCUT2D eigenvalue weighted by Gasteiger charge is 2.32. The van der Waals surface area contributed by atoms with E-state index in [1.165, 1.54) is 18.9 Å². The van der Waals surface area contributed by atoms with Gasteiger partial charge in [-0.1, -0.05) is 12.1 Å². The number of morpholine rings is 1. The lowest BCUT2D eigenvalue weighted by Gasteiger charge is -2.28. The summed E-state index contributed by atoms with van der Waals surface area (Å²) in [5, 5.41) is 18.0. The lowest BCUT2D eigenvalue weighted by atomic mass is 10.1. The zero-order valence-electron chi connectivity index (χ0n) is 20.7. The third kappa shape index (κ3) is 7.64. The Morgan fingerprint density at radius 1 is 1.14 bits per heavy atom. The topological polar surface area (TPSA) is 150 Å². The molecule has 198 valence electrons. The Bertz CT molecular complexity index is 935. The molecular formula is C24H35N5O7. The van der Waals surface area contributed by atoms with Crippen molar-refractivity contribution in [3.05, 3.63) is 29.8 Å². The van der Waals surface area contributed by atoms with Gasteiger partial charge in [0, 0.05) is 33.2 Å². The number of aliphatic hydroxyl groups excluding tert-OH is 1. The number of likely N-dealkylation sites (N-methyl/N-ethyl adjacent to an activating group) is 1. The Morgan fingerprint density at radius 3 is 2.58 bits per heavy atom. The molecule has 0 spiro atoms. The number of aliphatic hydroxyl groups is 1. The summed E-state index contributed by atoms with van der Waals surface area (Å²) in [6.07, 6.45) is -1.59. The Balaban J connectivity index is 1.78. The van der Waals surface area contributed by atoms with Crippen LogP contribution in [-0.4, -0.2) is 116 Å². The van der Waals surface area contributed by atoms with Crippen LogP contribution in [0.15, 0.2) is 24.3 Å². The van der Waals surface area contributed by atoms with E-state index in [1.54, 1.807) is 24.3 Å². The van der Waals surface area contributed by atoms with Gasteiger partial charge in [0.1, 0.15) is 24.4 Å². The SMILES string of the molecule is C[C@@H](O)[C@@H]1NC(=O)C[C@@H](C(=O)NCCN2CCOCC2)NC(=O)c2ccccc2OCCN(C)C1=O. The average Bonchev–Trinajstić information content (AvgIpc) is 2.86. The van der Waals surface area contributed by atoms with Gasteiger partial charge in [0.15, 0.2) is 0 Å². The van der Waals surface area contributed by atoms with E-state index in [9.17, 15) is 24.3 Å². The first-order valence-corrected chi connectivity index (χ1v) is 12.1. The van der Waals surface area contributed by atoms with Crippen molar-refractivity contribution < 1.29 is 33.8 Å². The number of rotatable bonds is 5. The fourth-order valence-electron chi connectivity index (χ4n) is 3.96. The maximum Gasteiger partial charge on any atom is 0.255 e. The van der Waals surface area contributed by atoms with Gasteiger partial charge in [-0.3, -0.25) is 24.1 Å². The number of para-hydroxylation sites is 1. The van der Waals surface area contributed by atoms with E-state index in [4.69, 9.17) is 9.47 Å². The maximum atomic E-state index is 13.1. The minimum absolute atomic E-state index is 0.0818. The summed E-state index contributed by atoms with van der Waals surface area (Å²) >= 11 is 0. The van der Waals surface area contributed by atoms with Crippen LogP contribution in [-0.2, 0) is 19.1 Å². The first-order valence-electron chi connectivity index (χ1n) is 12.1. The molecule has 2 heterocycles. The number of nitrogens with zero attached hydrogens (tertiary/aromatic N) is 2. The molecule has 3 atom stereocenters. The van der Waals surface area contributed by atoms with Gasteiger partial charge in [0.05, 0.1) is 37.8 Å². The molecule has 0 aromatic heterocycles. The molecule has 12 nitrogen and oxygen atoms in total. The van der Waals surface area contributed by atoms with Crippen molar-refractivity contribution in [3.8, 4) is 5.75 Å². The summed E-state index contributed by atoms with van der Waals surface area (Å²) in [4.78, 5) is 55.2. The van der Waals surface area contributed by atoms with Crippen LogP contribution in [0, 0.1) is 0 Å². The van der Waals surface area contributed by atoms with Crippen LogP contribution in [0.2, 0.25) is 0 Å². The first-order chi connectivity index (χ1) is 17.3. The average molecular weight is 506 g/mol. The van der Waals surface area contributed by atoms with Crippen molar-refractivity contribution in [2.45, 2.75) is 31.5 Å². The number of amides is 4. The van der Waals surface area contributed by atoms with Gasteiger partial charge in [-0.2, -0.15) is 0 Å². The van der Waals surface area contributed by atoms with E-state index in [0.717, 1.165) is 13.1 Å². The molecule has 2 aliphatic heterocycles. The normalized spacial score (nSPS) is 23.4. The quantitative estimate of drug-likeness (QED) is 0.372. The van der Waals surface area contributed by atoms with Crippen LogP contribution >= 0.6 is 0 Å². The number of benzene rings is 1. The molecule has 12 heteroatoms. The largest absolute Gasteiger partial charge is 0.491 e. The highest BCUT2D eigenvalue weighted by atomic mass is 16.5. The van der Waals surface area contributed by atoms with Gasteiger partial charge in [-0.15, -0.1) is 0 Å². The second kappa shape index (κ2) is 13.2. The Kier molecular flexibility index (Phi) is 10.0. The molecule has 1 aromatic carbocycles. The molecule has 1 fully saturated rings. The minimum atomic E-state index is -1.21. The number of carbonyl (C=O) groups excluding carboxylic acids is 4. The molecule has 3 rings (SSSR count). The number of nitrogens with one attached hydrogen (secondary N) is 3. The fourth-order valence-corrected chi connectivity index (χ4v) is 3.96. The van der Waals surface area contributed by atoms with E-state index >= 15 is 0 Å². The summed E-state index contributed by atoms with van der Waals surface area (Å²) in [5.41, 5.74) is 0.205. The third-order valence-electron chi connectivity index (χ3n) is 6.10. The monoisotopic (exact) mass is 505 g/mol. The van der Waals surface area contributed by atoms with Gasteiger partial charge < -0.3 is 35.4 Å². The zero-order valence-corrected chi connectivity index (χ0v) is 20.7. The van der Waals surface area contributed by atoms with Crippen LogP contribution in [0.4, 0.5) is 0 Å². The summed E-state index contributed by atoms with van der Waals surface area (Å²) < 4.78 is 11.1. The predicted molar refractivity (Wildman–Crippen MR) is 129 cm³/mol. The molecule has 1 saturated heterocycles. The van der Waals surface area contributed by atoms with Crippen LogP contribution in [0.5, 0.6) is 5.75 Å². The zero-order chi connectivity index (χ0) is 26.1. The van der Waals surface area contributed by atoms with Gasteiger partial charge >= 0.3 is 0 Å². The van der Waals surface area contributed by atoms with E-state index < -0.39 is 48.2 Å². The number of fused-ring (bicyclic) bond motifs is 1. The van der Waals surface area contributed by atoms with Crippen molar-refractivity contribution in [1.82, 2.24) is 25.8 Å². The molecule has 4 N–H and O–H groups in total. The van der Waals surface area contributed by atoms with E-state index in [-0.39, 0.29) is 24.5 Å². The Hall–Kier alpha value is -3.22. The predicted octanol–water partition coefficient (Wildman–Crippen LogP) is -1.66. The molecule has 36 heavy (non-hydrogen) atoms. The molecular weight excluding hydrogens is 470 g/mol. The van der Waals surface area contributed by atoms with Gasteiger partial charge in [0.25, 0.3) is 5.91 Å². The van der Waals surface area contributed by atoms with E-state index in [0.29, 0.717) is 26.3 Å². The van der Waals surface area contributed by atoms with Gasteiger partial charge in [0.2, 0.25) is 17.7 Å². The van der Waals surface area contributed by atoms with Crippen LogP contribution in [0.1, 0.15) is 23.7 Å². The van der Waals surface area contributed by atoms with E-state index in [1.807, 2.05) is 0 Å². The number of hydrogen-bond acceptors (Lipinski definition) is 8. The molecule has 1 aromatic rings. The van der Waals surface area contributed by atoms with Crippen LogP contribution < -0.4 is 20.7 Å².